The van der Waals surface area contributed by atoms with E-state index < -0.39 is 0 Å². The molecule has 0 radical (unpaired) electrons. The highest BCUT2D eigenvalue weighted by Gasteiger charge is 2.42. The van der Waals surface area contributed by atoms with Gasteiger partial charge in [-0.3, -0.25) is 14.5 Å². The third kappa shape index (κ3) is 6.37. The number of likely N-dealkylation sites (tertiary alicyclic amines) is 1. The third-order valence-electron chi connectivity index (χ3n) is 9.49. The van der Waals surface area contributed by atoms with Crippen LogP contribution >= 0.6 is 0 Å². The van der Waals surface area contributed by atoms with Gasteiger partial charge in [0.25, 0.3) is 0 Å². The maximum absolute atomic E-state index is 13.8. The molecule has 0 spiro atoms. The molecule has 3 atom stereocenters. The molecule has 12 heteroatoms. The molecule has 11 nitrogen and oxygen atoms in total. The maximum atomic E-state index is 13.8. The zero-order valence-corrected chi connectivity index (χ0v) is 26.0. The van der Waals surface area contributed by atoms with Crippen molar-refractivity contribution in [3.63, 3.8) is 0 Å². The highest BCUT2D eigenvalue weighted by molar-refractivity contribution is 6.02. The Bertz CT molecular complexity index is 1580. The van der Waals surface area contributed by atoms with Crippen LogP contribution in [0.2, 0.25) is 0 Å². The number of rotatable bonds is 10. The van der Waals surface area contributed by atoms with Crippen molar-refractivity contribution >= 4 is 34.6 Å². The number of anilines is 5. The molecular formula is C34H40FN7O4. The van der Waals surface area contributed by atoms with Gasteiger partial charge in [0.2, 0.25) is 5.91 Å². The predicted molar refractivity (Wildman–Crippen MR) is 174 cm³/mol. The van der Waals surface area contributed by atoms with E-state index in [4.69, 9.17) is 14.3 Å². The van der Waals surface area contributed by atoms with Gasteiger partial charge in [-0.15, -0.1) is 0 Å². The molecule has 2 bridgehead atoms. The highest BCUT2D eigenvalue weighted by Crippen LogP contribution is 2.41. The number of aromatic nitrogens is 2. The van der Waals surface area contributed by atoms with E-state index in [0.29, 0.717) is 60.0 Å². The van der Waals surface area contributed by atoms with E-state index in [2.05, 4.69) is 37.0 Å². The van der Waals surface area contributed by atoms with Gasteiger partial charge in [0.05, 0.1) is 49.5 Å². The van der Waals surface area contributed by atoms with E-state index in [9.17, 15) is 9.18 Å². The van der Waals surface area contributed by atoms with Crippen molar-refractivity contribution in [1.82, 2.24) is 14.9 Å². The number of benzene rings is 2. The van der Waals surface area contributed by atoms with Gasteiger partial charge in [-0.2, -0.15) is 0 Å². The molecule has 4 saturated heterocycles. The largest absolute Gasteiger partial charge is 0.494 e. The van der Waals surface area contributed by atoms with Crippen LogP contribution in [-0.2, 0) is 20.8 Å². The average molecular weight is 630 g/mol. The van der Waals surface area contributed by atoms with Crippen molar-refractivity contribution in [3.05, 3.63) is 72.8 Å². The van der Waals surface area contributed by atoms with E-state index in [-0.39, 0.29) is 17.8 Å². The Balaban J connectivity index is 1.09. The molecule has 0 saturated carbocycles. The summed E-state index contributed by atoms with van der Waals surface area (Å²) in [6.45, 7) is 7.81. The molecule has 5 heterocycles. The Morgan fingerprint density at radius 3 is 2.74 bits per heavy atom. The molecule has 4 aliphatic rings. The fourth-order valence-electron chi connectivity index (χ4n) is 7.25. The van der Waals surface area contributed by atoms with Crippen LogP contribution in [0.4, 0.5) is 33.1 Å². The second-order valence-corrected chi connectivity index (χ2v) is 12.3. The zero-order valence-electron chi connectivity index (χ0n) is 26.0. The number of methoxy groups -OCH3 is 1. The van der Waals surface area contributed by atoms with Crippen LogP contribution in [0.5, 0.6) is 5.75 Å². The molecule has 2 aromatic carbocycles. The van der Waals surface area contributed by atoms with E-state index >= 15 is 0 Å². The Kier molecular flexibility index (Phi) is 8.74. The van der Waals surface area contributed by atoms with Crippen LogP contribution in [-0.4, -0.2) is 85.0 Å². The molecule has 4 fully saturated rings. The molecule has 242 valence electrons. The number of carbonyl (C=O) groups excluding carboxylic acids is 1. The van der Waals surface area contributed by atoms with Crippen molar-refractivity contribution in [3.8, 4) is 5.75 Å². The second-order valence-electron chi connectivity index (χ2n) is 12.3. The van der Waals surface area contributed by atoms with Gasteiger partial charge in [0.1, 0.15) is 23.7 Å². The number of nitrogens with zero attached hydrogens (tertiary/aromatic N) is 5. The molecule has 1 aromatic heterocycles. The Morgan fingerprint density at radius 2 is 2.00 bits per heavy atom. The number of morpholine rings is 1. The molecule has 46 heavy (non-hydrogen) atoms. The molecular weight excluding hydrogens is 589 g/mol. The maximum Gasteiger partial charge on any atom is 0.247 e. The van der Waals surface area contributed by atoms with Crippen LogP contribution in [0.25, 0.3) is 0 Å². The number of hydrogen-bond acceptors (Lipinski definition) is 10. The molecule has 1 amide bonds. The van der Waals surface area contributed by atoms with Gasteiger partial charge < -0.3 is 25.0 Å². The Morgan fingerprint density at radius 1 is 1.13 bits per heavy atom. The summed E-state index contributed by atoms with van der Waals surface area (Å²) in [6.07, 6.45) is 7.78. The van der Waals surface area contributed by atoms with Crippen LogP contribution in [0.1, 0.15) is 31.2 Å². The SMILES string of the molecule is C=CC(=O)Nc1cc(Nc2cc(N3OCC[C@@H]3Cc3cccc(F)c3)ncn2)c(OC)cc1N1CCC(N2C[C@H]3C[C@@H]2CO3)CC1. The zero-order chi connectivity index (χ0) is 31.6. The summed E-state index contributed by atoms with van der Waals surface area (Å²) in [5.74, 6) is 1.19. The normalized spacial score (nSPS) is 23.1. The fraction of sp³-hybridized carbons (Fsp3) is 0.441. The number of fused-ring (bicyclic) bond motifs is 2. The predicted octanol–water partition coefficient (Wildman–Crippen LogP) is 4.69. The van der Waals surface area contributed by atoms with Gasteiger partial charge >= 0.3 is 0 Å². The van der Waals surface area contributed by atoms with Crippen LogP contribution in [0.3, 0.4) is 0 Å². The smallest absolute Gasteiger partial charge is 0.247 e. The summed E-state index contributed by atoms with van der Waals surface area (Å²) < 4.78 is 25.5. The standard InChI is InChI=1S/C34H40FN7O4/c1-3-34(43)39-28-16-29(31(44-2)17-30(28)40-10-7-24(8-11-40)41-19-27-15-26(41)20-45-27)38-32-18-33(37-21-36-32)42-25(9-12-46-42)14-22-5-4-6-23(35)13-22/h3-6,13,16-18,21,24-27H,1,7-12,14-15,19-20H2,2H3,(H,39,43)(H,36,37,38)/t25-,26-,27-/m1/s1. The van der Waals surface area contributed by atoms with Crippen molar-refractivity contribution in [1.29, 1.82) is 0 Å². The number of amides is 1. The molecule has 7 rings (SSSR count). The summed E-state index contributed by atoms with van der Waals surface area (Å²) in [5.41, 5.74) is 3.09. The number of ether oxygens (including phenoxy) is 2. The van der Waals surface area contributed by atoms with Crippen molar-refractivity contribution in [2.75, 3.05) is 60.6 Å². The molecule has 4 aliphatic heterocycles. The second kappa shape index (κ2) is 13.2. The van der Waals surface area contributed by atoms with Gasteiger partial charge in [-0.25, -0.2) is 19.4 Å². The molecule has 2 N–H and O–H groups in total. The lowest BCUT2D eigenvalue weighted by Gasteiger charge is -2.41. The van der Waals surface area contributed by atoms with E-state index in [1.165, 1.54) is 18.5 Å². The van der Waals surface area contributed by atoms with E-state index in [1.54, 1.807) is 30.4 Å². The van der Waals surface area contributed by atoms with Gasteiger partial charge in [-0.1, -0.05) is 18.7 Å². The Labute approximate surface area is 268 Å². The first-order chi connectivity index (χ1) is 22.5. The molecule has 3 aromatic rings. The highest BCUT2D eigenvalue weighted by atomic mass is 19.1. The number of hydroxylamine groups is 1. The molecule has 0 unspecified atom stereocenters. The minimum absolute atomic E-state index is 0.00261. The summed E-state index contributed by atoms with van der Waals surface area (Å²) in [5, 5.41) is 8.14. The number of piperidine rings is 1. The first kappa shape index (κ1) is 30.4. The third-order valence-corrected chi connectivity index (χ3v) is 9.49. The molecule has 0 aliphatic carbocycles. The topological polar surface area (TPSA) is 104 Å². The minimum Gasteiger partial charge on any atom is -0.494 e. The van der Waals surface area contributed by atoms with Crippen LogP contribution < -0.4 is 25.3 Å². The quantitative estimate of drug-likeness (QED) is 0.307. The number of hydrogen-bond donors (Lipinski definition) is 2. The summed E-state index contributed by atoms with van der Waals surface area (Å²) in [7, 11) is 1.63. The number of carbonyl (C=O) groups is 1. The lowest BCUT2D eigenvalue weighted by molar-refractivity contribution is -0.111. The minimum atomic E-state index is -0.291. The van der Waals surface area contributed by atoms with Crippen molar-refractivity contribution in [2.24, 2.45) is 0 Å². The first-order valence-corrected chi connectivity index (χ1v) is 16.0. The van der Waals surface area contributed by atoms with Gasteiger partial charge in [-0.05, 0) is 61.9 Å². The lowest BCUT2D eigenvalue weighted by Crippen LogP contribution is -2.49. The number of nitrogens with one attached hydrogen (secondary N) is 2. The first-order valence-electron chi connectivity index (χ1n) is 16.0. The Hall–Kier alpha value is -4.26. The average Bonchev–Trinajstić information content (AvgIpc) is 3.84. The summed E-state index contributed by atoms with van der Waals surface area (Å²) >= 11 is 0. The number of halogens is 1. The van der Waals surface area contributed by atoms with E-state index in [1.807, 2.05) is 18.2 Å². The summed E-state index contributed by atoms with van der Waals surface area (Å²) in [6, 6.07) is 13.4. The van der Waals surface area contributed by atoms with Gasteiger partial charge in [0.15, 0.2) is 5.82 Å². The van der Waals surface area contributed by atoms with Crippen LogP contribution in [0.15, 0.2) is 61.4 Å². The fourth-order valence-corrected chi connectivity index (χ4v) is 7.25. The van der Waals surface area contributed by atoms with Crippen molar-refractivity contribution in [2.45, 2.75) is 56.3 Å². The van der Waals surface area contributed by atoms with Crippen LogP contribution in [0, 0.1) is 5.82 Å². The van der Waals surface area contributed by atoms with Crippen molar-refractivity contribution < 1.29 is 23.5 Å². The van der Waals surface area contributed by atoms with Gasteiger partial charge in [0, 0.05) is 43.9 Å². The lowest BCUT2D eigenvalue weighted by atomic mass is 10.0. The monoisotopic (exact) mass is 629 g/mol. The van der Waals surface area contributed by atoms with E-state index in [0.717, 1.165) is 63.2 Å². The summed E-state index contributed by atoms with van der Waals surface area (Å²) in [4.78, 5) is 32.3.